The van der Waals surface area contributed by atoms with Gasteiger partial charge in [0.2, 0.25) is 0 Å². The quantitative estimate of drug-likeness (QED) is 0.347. The van der Waals surface area contributed by atoms with Gasteiger partial charge in [0.25, 0.3) is 5.69 Å². The number of nitro groups is 1. The molecule has 0 heterocycles. The second-order valence-electron chi connectivity index (χ2n) is 3.57. The van der Waals surface area contributed by atoms with Crippen LogP contribution in [0.1, 0.15) is 24.9 Å². The van der Waals surface area contributed by atoms with Gasteiger partial charge in [-0.15, -0.1) is 6.58 Å². The van der Waals surface area contributed by atoms with Gasteiger partial charge in [0.1, 0.15) is 0 Å². The summed E-state index contributed by atoms with van der Waals surface area (Å²) in [5.74, 6) is 0. The van der Waals surface area contributed by atoms with Gasteiger partial charge in [-0.2, -0.15) is 0 Å². The average Bonchev–Trinajstić information content (AvgIpc) is 2.29. The number of hydrogen-bond acceptors (Lipinski definition) is 3. The molecule has 0 bridgehead atoms. The van der Waals surface area contributed by atoms with Gasteiger partial charge in [0, 0.05) is 17.7 Å². The maximum Gasteiger partial charge on any atom is 0.274 e. The normalized spacial score (nSPS) is 12.1. The van der Waals surface area contributed by atoms with Crippen LogP contribution in [0.4, 0.5) is 5.69 Å². The predicted octanol–water partition coefficient (Wildman–Crippen LogP) is 2.82. The molecule has 0 saturated heterocycles. The van der Waals surface area contributed by atoms with E-state index < -0.39 is 0 Å². The van der Waals surface area contributed by atoms with Crippen LogP contribution in [0.5, 0.6) is 0 Å². The molecule has 1 rings (SSSR count). The Morgan fingerprint density at radius 1 is 1.56 bits per heavy atom. The molecule has 0 spiro atoms. The molecule has 0 aliphatic heterocycles. The molecule has 0 aliphatic carbocycles. The molecule has 1 aromatic rings. The summed E-state index contributed by atoms with van der Waals surface area (Å²) in [6.07, 6.45) is 2.67. The highest BCUT2D eigenvalue weighted by atomic mass is 16.6. The van der Waals surface area contributed by atoms with Gasteiger partial charge >= 0.3 is 0 Å². The van der Waals surface area contributed by atoms with Crippen LogP contribution in [0.2, 0.25) is 0 Å². The fourth-order valence-electron chi connectivity index (χ4n) is 1.53. The van der Waals surface area contributed by atoms with Gasteiger partial charge < -0.3 is 5.32 Å². The highest BCUT2D eigenvalue weighted by Gasteiger charge is 2.16. The zero-order chi connectivity index (χ0) is 12.0. The molecule has 0 amide bonds. The van der Waals surface area contributed by atoms with E-state index in [2.05, 4.69) is 11.9 Å². The number of nitro benzene ring substituents is 1. The summed E-state index contributed by atoms with van der Waals surface area (Å²) in [7, 11) is 0. The average molecular weight is 220 g/mol. The molecule has 0 saturated carbocycles. The van der Waals surface area contributed by atoms with Crippen molar-refractivity contribution in [2.75, 3.05) is 6.54 Å². The minimum Gasteiger partial charge on any atom is -0.310 e. The summed E-state index contributed by atoms with van der Waals surface area (Å²) in [5, 5.41) is 14.0. The molecule has 0 aliphatic rings. The summed E-state index contributed by atoms with van der Waals surface area (Å²) in [5.41, 5.74) is 0.887. The molecule has 1 aromatic carbocycles. The van der Waals surface area contributed by atoms with Gasteiger partial charge in [-0.1, -0.05) is 24.3 Å². The standard InChI is InChI=1S/C12H16N2O2/c1-3-4-9-13-10(2)11-7-5-6-8-12(11)14(15)16/h3,5-8,10,13H,1,4,9H2,2H3. The van der Waals surface area contributed by atoms with Crippen molar-refractivity contribution in [1.82, 2.24) is 5.32 Å². The first-order valence-corrected chi connectivity index (χ1v) is 5.24. The molecule has 0 radical (unpaired) electrons. The van der Waals surface area contributed by atoms with Crippen molar-refractivity contribution in [3.63, 3.8) is 0 Å². The van der Waals surface area contributed by atoms with Crippen molar-refractivity contribution < 1.29 is 4.92 Å². The van der Waals surface area contributed by atoms with Crippen LogP contribution in [0.15, 0.2) is 36.9 Å². The highest BCUT2D eigenvalue weighted by Crippen LogP contribution is 2.24. The maximum atomic E-state index is 10.8. The number of para-hydroxylation sites is 1. The Hall–Kier alpha value is -1.68. The predicted molar refractivity (Wildman–Crippen MR) is 64.3 cm³/mol. The molecular weight excluding hydrogens is 204 g/mol. The second kappa shape index (κ2) is 6.02. The Labute approximate surface area is 95.1 Å². The molecule has 1 atom stereocenters. The van der Waals surface area contributed by atoms with Crippen LogP contribution in [0.25, 0.3) is 0 Å². The molecule has 0 fully saturated rings. The lowest BCUT2D eigenvalue weighted by molar-refractivity contribution is -0.385. The Balaban J connectivity index is 2.77. The molecule has 0 aromatic heterocycles. The third-order valence-corrected chi connectivity index (χ3v) is 2.40. The Morgan fingerprint density at radius 2 is 2.25 bits per heavy atom. The van der Waals surface area contributed by atoms with Gasteiger partial charge in [0.15, 0.2) is 0 Å². The first-order chi connectivity index (χ1) is 7.66. The minimum atomic E-state index is -0.346. The minimum absolute atomic E-state index is 0.0263. The van der Waals surface area contributed by atoms with Crippen LogP contribution in [-0.4, -0.2) is 11.5 Å². The fourth-order valence-corrected chi connectivity index (χ4v) is 1.53. The van der Waals surface area contributed by atoms with Crippen molar-refractivity contribution >= 4 is 5.69 Å². The monoisotopic (exact) mass is 220 g/mol. The van der Waals surface area contributed by atoms with Crippen molar-refractivity contribution in [3.8, 4) is 0 Å². The van der Waals surface area contributed by atoms with E-state index in [1.165, 1.54) is 6.07 Å². The molecule has 4 nitrogen and oxygen atoms in total. The van der Waals surface area contributed by atoms with E-state index in [-0.39, 0.29) is 16.7 Å². The van der Waals surface area contributed by atoms with Crippen LogP contribution < -0.4 is 5.32 Å². The topological polar surface area (TPSA) is 55.2 Å². The Morgan fingerprint density at radius 3 is 2.88 bits per heavy atom. The van der Waals surface area contributed by atoms with Gasteiger partial charge in [-0.25, -0.2) is 0 Å². The van der Waals surface area contributed by atoms with E-state index in [1.54, 1.807) is 12.1 Å². The molecule has 1 N–H and O–H groups in total. The van der Waals surface area contributed by atoms with Crippen molar-refractivity contribution in [2.24, 2.45) is 0 Å². The van der Waals surface area contributed by atoms with Gasteiger partial charge in [-0.3, -0.25) is 10.1 Å². The summed E-state index contributed by atoms with van der Waals surface area (Å²) in [6.45, 7) is 6.32. The lowest BCUT2D eigenvalue weighted by atomic mass is 10.1. The third-order valence-electron chi connectivity index (χ3n) is 2.40. The first kappa shape index (κ1) is 12.4. The summed E-state index contributed by atoms with van der Waals surface area (Å²) in [6, 6.07) is 6.78. The summed E-state index contributed by atoms with van der Waals surface area (Å²) < 4.78 is 0. The largest absolute Gasteiger partial charge is 0.310 e. The Bertz CT molecular complexity index is 377. The zero-order valence-electron chi connectivity index (χ0n) is 9.35. The first-order valence-electron chi connectivity index (χ1n) is 5.24. The maximum absolute atomic E-state index is 10.8. The summed E-state index contributed by atoms with van der Waals surface area (Å²) in [4.78, 5) is 10.5. The number of rotatable bonds is 6. The molecule has 86 valence electrons. The highest BCUT2D eigenvalue weighted by molar-refractivity contribution is 5.41. The summed E-state index contributed by atoms with van der Waals surface area (Å²) >= 11 is 0. The lowest BCUT2D eigenvalue weighted by Gasteiger charge is -2.13. The van der Waals surface area contributed by atoms with E-state index in [1.807, 2.05) is 19.1 Å². The number of hydrogen-bond donors (Lipinski definition) is 1. The van der Waals surface area contributed by atoms with Crippen LogP contribution in [0, 0.1) is 10.1 Å². The molecular formula is C12H16N2O2. The van der Waals surface area contributed by atoms with Crippen molar-refractivity contribution in [2.45, 2.75) is 19.4 Å². The third kappa shape index (κ3) is 3.17. The van der Waals surface area contributed by atoms with Crippen LogP contribution >= 0.6 is 0 Å². The number of nitrogens with one attached hydrogen (secondary N) is 1. The van der Waals surface area contributed by atoms with E-state index in [0.29, 0.717) is 0 Å². The number of benzene rings is 1. The van der Waals surface area contributed by atoms with Crippen molar-refractivity contribution in [3.05, 3.63) is 52.6 Å². The van der Waals surface area contributed by atoms with E-state index in [9.17, 15) is 10.1 Å². The smallest absolute Gasteiger partial charge is 0.274 e. The SMILES string of the molecule is C=CCCNC(C)c1ccccc1[N+](=O)[O-]. The zero-order valence-corrected chi connectivity index (χ0v) is 9.35. The molecule has 16 heavy (non-hydrogen) atoms. The number of nitrogens with zero attached hydrogens (tertiary/aromatic N) is 1. The second-order valence-corrected chi connectivity index (χ2v) is 3.57. The van der Waals surface area contributed by atoms with Crippen LogP contribution in [0.3, 0.4) is 0 Å². The molecule has 4 heteroatoms. The van der Waals surface area contributed by atoms with Crippen LogP contribution in [-0.2, 0) is 0 Å². The van der Waals surface area contributed by atoms with Crippen molar-refractivity contribution in [1.29, 1.82) is 0 Å². The van der Waals surface area contributed by atoms with E-state index >= 15 is 0 Å². The Kier molecular flexibility index (Phi) is 4.66. The van der Waals surface area contributed by atoms with Gasteiger partial charge in [-0.05, 0) is 19.9 Å². The van der Waals surface area contributed by atoms with E-state index in [0.717, 1.165) is 18.5 Å². The molecule has 1 unspecified atom stereocenters. The van der Waals surface area contributed by atoms with E-state index in [4.69, 9.17) is 0 Å². The lowest BCUT2D eigenvalue weighted by Crippen LogP contribution is -2.20. The fraction of sp³-hybridized carbons (Fsp3) is 0.333. The van der Waals surface area contributed by atoms with Gasteiger partial charge in [0.05, 0.1) is 4.92 Å².